The summed E-state index contributed by atoms with van der Waals surface area (Å²) in [5.41, 5.74) is 8.64. The van der Waals surface area contributed by atoms with Gasteiger partial charge in [0.25, 0.3) is 0 Å². The van der Waals surface area contributed by atoms with E-state index in [1.807, 2.05) is 62.4 Å². The lowest BCUT2D eigenvalue weighted by molar-refractivity contribution is 0.145. The number of aliphatic imine (C=N–C) groups is 2. The number of guanidine groups is 1. The number of rotatable bonds is 4. The van der Waals surface area contributed by atoms with Crippen LogP contribution in [-0.2, 0) is 17.8 Å². The molecular weight excluding hydrogens is 518 g/mol. The number of carbonyl (C=O) groups excluding carboxylic acids is 1. The van der Waals surface area contributed by atoms with Crippen molar-refractivity contribution in [2.45, 2.75) is 32.9 Å². The van der Waals surface area contributed by atoms with E-state index in [2.05, 4.69) is 31.2 Å². The minimum atomic E-state index is -0.694. The van der Waals surface area contributed by atoms with Gasteiger partial charge in [0.1, 0.15) is 12.4 Å². The maximum Gasteiger partial charge on any atom is 0.414 e. The smallest absolute Gasteiger partial charge is 0.414 e. The molecule has 3 N–H and O–H groups in total. The highest BCUT2D eigenvalue weighted by atomic mass is 79.9. The Morgan fingerprint density at radius 3 is 2.85 bits per heavy atom. The fourth-order valence-electron chi connectivity index (χ4n) is 3.27. The Labute approximate surface area is 210 Å². The minimum Gasteiger partial charge on any atom is -0.492 e. The molecule has 2 aromatic carbocycles. The van der Waals surface area contributed by atoms with E-state index in [1.165, 1.54) is 11.3 Å². The molecule has 1 aliphatic rings. The first-order valence-electron chi connectivity index (χ1n) is 10.7. The van der Waals surface area contributed by atoms with Crippen LogP contribution >= 0.6 is 27.3 Å². The second-order valence-electron chi connectivity index (χ2n) is 7.76. The predicted octanol–water partition coefficient (Wildman–Crippen LogP) is 4.90. The highest BCUT2D eigenvalue weighted by Crippen LogP contribution is 2.39. The number of ether oxygens (including phenoxy) is 2. The number of nitrogens with two attached hydrogens (primary N) is 1. The Hall–Kier alpha value is -3.24. The molecule has 8 nitrogen and oxygen atoms in total. The van der Waals surface area contributed by atoms with Gasteiger partial charge in [0.15, 0.2) is 10.8 Å². The van der Waals surface area contributed by atoms with Crippen molar-refractivity contribution in [3.63, 3.8) is 0 Å². The Balaban J connectivity index is 1.55. The van der Waals surface area contributed by atoms with Crippen molar-refractivity contribution in [3.8, 4) is 17.0 Å². The standard InChI is InChI=1S/C24H24BrN5O3S/c1-14(2)27-21(29-23(26)30-24(31)33-13-15-6-4-3-5-7-15)22-28-20-17-9-8-16(25)12-18(17)32-11-10-19(20)34-22/h3-9,12,14H,10-11,13H2,1-2H3,(H3,26,27,29,30,31). The molecule has 2 heterocycles. The Morgan fingerprint density at radius 1 is 1.29 bits per heavy atom. The number of carbonyl (C=O) groups is 1. The van der Waals surface area contributed by atoms with E-state index < -0.39 is 6.09 Å². The summed E-state index contributed by atoms with van der Waals surface area (Å²) >= 11 is 4.98. The maximum absolute atomic E-state index is 12.2. The number of fused-ring (bicyclic) bond motifs is 3. The van der Waals surface area contributed by atoms with Crippen LogP contribution in [0.15, 0.2) is 63.0 Å². The van der Waals surface area contributed by atoms with Crippen molar-refractivity contribution in [1.82, 2.24) is 10.3 Å². The monoisotopic (exact) mass is 541 g/mol. The number of nitrogens with zero attached hydrogens (tertiary/aromatic N) is 3. The number of alkyl carbamates (subject to hydrolysis) is 1. The van der Waals surface area contributed by atoms with Crippen LogP contribution < -0.4 is 15.8 Å². The van der Waals surface area contributed by atoms with Crippen molar-refractivity contribution in [2.75, 3.05) is 6.61 Å². The molecule has 1 amide bonds. The van der Waals surface area contributed by atoms with E-state index in [0.29, 0.717) is 17.5 Å². The summed E-state index contributed by atoms with van der Waals surface area (Å²) in [5.74, 6) is 1.02. The van der Waals surface area contributed by atoms with Crippen LogP contribution in [-0.4, -0.2) is 35.5 Å². The molecular formula is C24H24BrN5O3S. The minimum absolute atomic E-state index is 0.0492. The Morgan fingerprint density at radius 2 is 2.09 bits per heavy atom. The number of amides is 1. The molecule has 0 spiro atoms. The Bertz CT molecular complexity index is 1240. The third kappa shape index (κ3) is 6.00. The van der Waals surface area contributed by atoms with Gasteiger partial charge in [-0.15, -0.1) is 11.3 Å². The molecule has 4 rings (SSSR count). The number of thiazole rings is 1. The van der Waals surface area contributed by atoms with Crippen LogP contribution in [0, 0.1) is 0 Å². The molecule has 0 saturated heterocycles. The van der Waals surface area contributed by atoms with Gasteiger partial charge in [0.2, 0.25) is 5.96 Å². The second-order valence-corrected chi connectivity index (χ2v) is 9.76. The van der Waals surface area contributed by atoms with Crippen molar-refractivity contribution in [2.24, 2.45) is 15.7 Å². The second kappa shape index (κ2) is 10.8. The lowest BCUT2D eigenvalue weighted by Gasteiger charge is -2.08. The van der Waals surface area contributed by atoms with Crippen molar-refractivity contribution in [3.05, 3.63) is 68.5 Å². The van der Waals surface area contributed by atoms with Crippen LogP contribution in [0.5, 0.6) is 5.75 Å². The Kier molecular flexibility index (Phi) is 7.59. The first-order valence-corrected chi connectivity index (χ1v) is 12.3. The lowest BCUT2D eigenvalue weighted by atomic mass is 10.1. The van der Waals surface area contributed by atoms with Crippen LogP contribution in [0.2, 0.25) is 0 Å². The summed E-state index contributed by atoms with van der Waals surface area (Å²) in [6.07, 6.45) is 0.0258. The van der Waals surface area contributed by atoms with E-state index >= 15 is 0 Å². The molecule has 0 fully saturated rings. The van der Waals surface area contributed by atoms with Gasteiger partial charge in [-0.2, -0.15) is 4.99 Å². The number of halogens is 1. The lowest BCUT2D eigenvalue weighted by Crippen LogP contribution is -2.37. The number of nitrogens with one attached hydrogen (secondary N) is 1. The van der Waals surface area contributed by atoms with Gasteiger partial charge in [-0.3, -0.25) is 10.3 Å². The molecule has 0 saturated carbocycles. The molecule has 0 radical (unpaired) electrons. The first-order chi connectivity index (χ1) is 16.4. The highest BCUT2D eigenvalue weighted by Gasteiger charge is 2.23. The number of aromatic nitrogens is 1. The van der Waals surface area contributed by atoms with E-state index in [1.54, 1.807) is 0 Å². The van der Waals surface area contributed by atoms with Gasteiger partial charge in [0.05, 0.1) is 12.3 Å². The summed E-state index contributed by atoms with van der Waals surface area (Å²) in [4.78, 5) is 27.0. The molecule has 176 valence electrons. The first kappa shape index (κ1) is 23.9. The summed E-state index contributed by atoms with van der Waals surface area (Å²) in [7, 11) is 0. The summed E-state index contributed by atoms with van der Waals surface area (Å²) in [5, 5.41) is 3.08. The van der Waals surface area contributed by atoms with E-state index in [9.17, 15) is 4.79 Å². The third-order valence-corrected chi connectivity index (χ3v) is 6.33. The van der Waals surface area contributed by atoms with Crippen LogP contribution in [0.4, 0.5) is 4.79 Å². The SMILES string of the molecule is CC(C)N=C(N=C(N)NC(=O)OCc1ccccc1)c1nc2c(s1)CCOc1cc(Br)ccc1-2. The number of hydrogen-bond acceptors (Lipinski definition) is 6. The topological polar surface area (TPSA) is 111 Å². The molecule has 0 bridgehead atoms. The van der Waals surface area contributed by atoms with Gasteiger partial charge in [-0.1, -0.05) is 46.3 Å². The fourth-order valence-corrected chi connectivity index (χ4v) is 4.61. The molecule has 0 unspecified atom stereocenters. The molecule has 1 aliphatic heterocycles. The number of amidine groups is 1. The predicted molar refractivity (Wildman–Crippen MR) is 138 cm³/mol. The van der Waals surface area contributed by atoms with Gasteiger partial charge in [-0.05, 0) is 37.6 Å². The molecule has 3 aromatic rings. The van der Waals surface area contributed by atoms with Crippen molar-refractivity contribution in [1.29, 1.82) is 0 Å². The quantitative estimate of drug-likeness (QED) is 0.360. The summed E-state index contributed by atoms with van der Waals surface area (Å²) < 4.78 is 12.0. The normalized spacial score (nSPS) is 13.5. The van der Waals surface area contributed by atoms with Crippen LogP contribution in [0.25, 0.3) is 11.3 Å². The molecule has 10 heteroatoms. The van der Waals surface area contributed by atoms with Gasteiger partial charge < -0.3 is 15.2 Å². The average molecular weight is 542 g/mol. The molecule has 34 heavy (non-hydrogen) atoms. The number of hydrogen-bond donors (Lipinski definition) is 2. The van der Waals surface area contributed by atoms with E-state index in [4.69, 9.17) is 20.2 Å². The zero-order valence-corrected chi connectivity index (χ0v) is 21.1. The summed E-state index contributed by atoms with van der Waals surface area (Å²) in [6, 6.07) is 15.2. The molecule has 1 aromatic heterocycles. The fraction of sp³-hybridized carbons (Fsp3) is 0.250. The van der Waals surface area contributed by atoms with Gasteiger partial charge >= 0.3 is 6.09 Å². The summed E-state index contributed by atoms with van der Waals surface area (Å²) in [6.45, 7) is 4.55. The zero-order chi connectivity index (χ0) is 24.1. The zero-order valence-electron chi connectivity index (χ0n) is 18.7. The van der Waals surface area contributed by atoms with E-state index in [0.717, 1.165) is 38.3 Å². The average Bonchev–Trinajstić information content (AvgIpc) is 3.14. The highest BCUT2D eigenvalue weighted by molar-refractivity contribution is 9.10. The third-order valence-electron chi connectivity index (χ3n) is 4.72. The van der Waals surface area contributed by atoms with Crippen molar-refractivity contribution >= 4 is 45.2 Å². The largest absolute Gasteiger partial charge is 0.492 e. The van der Waals surface area contributed by atoms with Crippen LogP contribution in [0.3, 0.4) is 0 Å². The number of benzene rings is 2. The molecule has 0 atom stereocenters. The van der Waals surface area contributed by atoms with Gasteiger partial charge in [0, 0.05) is 27.4 Å². The molecule has 0 aliphatic carbocycles. The van der Waals surface area contributed by atoms with Crippen LogP contribution in [0.1, 0.15) is 29.3 Å². The van der Waals surface area contributed by atoms with Crippen molar-refractivity contribution < 1.29 is 14.3 Å². The van der Waals surface area contributed by atoms with E-state index in [-0.39, 0.29) is 18.6 Å². The van der Waals surface area contributed by atoms with Gasteiger partial charge in [-0.25, -0.2) is 9.78 Å². The maximum atomic E-state index is 12.2.